The number of aromatic nitrogens is 3. The molecule has 0 saturated carbocycles. The second-order valence-electron chi connectivity index (χ2n) is 3.34. The van der Waals surface area contributed by atoms with Crippen molar-refractivity contribution in [2.24, 2.45) is 0 Å². The molecule has 16 heavy (non-hydrogen) atoms. The molecule has 2 rings (SSSR count). The number of rotatable bonds is 4. The van der Waals surface area contributed by atoms with Crippen molar-refractivity contribution >= 4 is 16.7 Å². The summed E-state index contributed by atoms with van der Waals surface area (Å²) in [4.78, 5) is 0. The van der Waals surface area contributed by atoms with Crippen molar-refractivity contribution in [3.8, 4) is 5.75 Å². The summed E-state index contributed by atoms with van der Waals surface area (Å²) < 4.78 is 8.96. The van der Waals surface area contributed by atoms with E-state index in [1.54, 1.807) is 7.11 Å². The Labute approximate surface area is 97.6 Å². The van der Waals surface area contributed by atoms with Gasteiger partial charge >= 0.3 is 0 Å². The zero-order valence-electron chi connectivity index (χ0n) is 9.10. The van der Waals surface area contributed by atoms with Crippen LogP contribution in [0.3, 0.4) is 0 Å². The maximum Gasteiger partial charge on any atom is 0.225 e. The van der Waals surface area contributed by atoms with Gasteiger partial charge in [0, 0.05) is 23.6 Å². The number of benzene rings is 1. The third kappa shape index (κ3) is 2.46. The zero-order valence-corrected chi connectivity index (χ0v) is 9.91. The number of aryl methyl sites for hydroxylation is 1. The summed E-state index contributed by atoms with van der Waals surface area (Å²) >= 11 is 1.24. The summed E-state index contributed by atoms with van der Waals surface area (Å²) in [6.07, 6.45) is 0. The zero-order chi connectivity index (χ0) is 11.4. The Morgan fingerprint density at radius 1 is 1.44 bits per heavy atom. The molecule has 6 heteroatoms. The number of anilines is 1. The molecule has 0 bridgehead atoms. The third-order valence-corrected chi connectivity index (χ3v) is 2.72. The van der Waals surface area contributed by atoms with E-state index >= 15 is 0 Å². The van der Waals surface area contributed by atoms with Gasteiger partial charge < -0.3 is 10.1 Å². The van der Waals surface area contributed by atoms with Crippen LogP contribution in [0.4, 0.5) is 5.13 Å². The molecule has 1 aromatic carbocycles. The van der Waals surface area contributed by atoms with Crippen LogP contribution in [0.5, 0.6) is 5.75 Å². The van der Waals surface area contributed by atoms with Crippen molar-refractivity contribution in [3.63, 3.8) is 0 Å². The number of hydrogen-bond donors (Lipinski definition) is 1. The van der Waals surface area contributed by atoms with Gasteiger partial charge in [-0.15, -0.1) is 0 Å². The van der Waals surface area contributed by atoms with Gasteiger partial charge in [-0.2, -0.15) is 0 Å². The van der Waals surface area contributed by atoms with Crippen LogP contribution in [0.2, 0.25) is 0 Å². The average molecular weight is 236 g/mol. The Hall–Kier alpha value is -1.69. The average Bonchev–Trinajstić information content (AvgIpc) is 2.79. The van der Waals surface area contributed by atoms with Crippen molar-refractivity contribution < 1.29 is 4.74 Å². The highest BCUT2D eigenvalue weighted by Crippen LogP contribution is 2.20. The van der Waals surface area contributed by atoms with Crippen molar-refractivity contribution in [2.45, 2.75) is 13.5 Å². The first-order chi connectivity index (χ1) is 7.79. The van der Waals surface area contributed by atoms with Crippen LogP contribution in [-0.2, 0) is 6.54 Å². The van der Waals surface area contributed by atoms with Gasteiger partial charge in [0.1, 0.15) is 5.75 Å². The van der Waals surface area contributed by atoms with E-state index in [1.807, 2.05) is 12.1 Å². The molecule has 5 nitrogen and oxygen atoms in total. The number of methoxy groups -OCH3 is 1. The van der Waals surface area contributed by atoms with E-state index in [1.165, 1.54) is 17.1 Å². The Morgan fingerprint density at radius 3 is 3.00 bits per heavy atom. The van der Waals surface area contributed by atoms with E-state index in [0.29, 0.717) is 11.7 Å². The highest BCUT2D eigenvalue weighted by Gasteiger charge is 2.04. The molecule has 0 atom stereocenters. The highest BCUT2D eigenvalue weighted by molar-refractivity contribution is 7.09. The van der Waals surface area contributed by atoms with E-state index < -0.39 is 0 Å². The molecule has 0 aliphatic rings. The largest absolute Gasteiger partial charge is 0.496 e. The Morgan fingerprint density at radius 2 is 2.31 bits per heavy atom. The summed E-state index contributed by atoms with van der Waals surface area (Å²) in [5, 5.41) is 11.2. The first kappa shape index (κ1) is 10.8. The quantitative estimate of drug-likeness (QED) is 0.878. The van der Waals surface area contributed by atoms with Crippen LogP contribution < -0.4 is 10.1 Å². The Kier molecular flexibility index (Phi) is 3.31. The minimum absolute atomic E-state index is 0.654. The molecule has 1 heterocycles. The number of ether oxygens (including phenoxy) is 1. The van der Waals surface area contributed by atoms with E-state index in [0.717, 1.165) is 11.3 Å². The van der Waals surface area contributed by atoms with E-state index in [9.17, 15) is 0 Å². The molecule has 0 amide bonds. The van der Waals surface area contributed by atoms with Gasteiger partial charge in [-0.1, -0.05) is 27.3 Å². The standard InChI is InChI=1S/C10H12N4OS/c1-7-3-4-9(15-2)8(5-7)6-11-10-12-13-14-16-10/h3-5H,6H2,1-2H3,(H,11,12,14). The fraction of sp³-hybridized carbons (Fsp3) is 0.300. The van der Waals surface area contributed by atoms with Crippen molar-refractivity contribution in [2.75, 3.05) is 12.4 Å². The summed E-state index contributed by atoms with van der Waals surface area (Å²) in [5.41, 5.74) is 2.30. The number of nitrogens with one attached hydrogen (secondary N) is 1. The van der Waals surface area contributed by atoms with Gasteiger partial charge in [-0.25, -0.2) is 0 Å². The lowest BCUT2D eigenvalue weighted by molar-refractivity contribution is 0.410. The predicted molar refractivity (Wildman–Crippen MR) is 62.8 cm³/mol. The first-order valence-electron chi connectivity index (χ1n) is 4.82. The van der Waals surface area contributed by atoms with Crippen LogP contribution in [0.25, 0.3) is 0 Å². The molecule has 0 saturated heterocycles. The monoisotopic (exact) mass is 236 g/mol. The molecule has 0 spiro atoms. The summed E-state index contributed by atoms with van der Waals surface area (Å²) in [7, 11) is 1.67. The number of hydrogen-bond acceptors (Lipinski definition) is 6. The van der Waals surface area contributed by atoms with E-state index in [-0.39, 0.29) is 0 Å². The Bertz CT molecular complexity index is 458. The summed E-state index contributed by atoms with van der Waals surface area (Å²) in [5.74, 6) is 0.871. The third-order valence-electron chi connectivity index (χ3n) is 2.17. The van der Waals surface area contributed by atoms with E-state index in [2.05, 4.69) is 33.1 Å². The van der Waals surface area contributed by atoms with Crippen molar-refractivity contribution in [3.05, 3.63) is 29.3 Å². The van der Waals surface area contributed by atoms with Crippen LogP contribution in [0, 0.1) is 6.92 Å². The van der Waals surface area contributed by atoms with Crippen molar-refractivity contribution in [1.29, 1.82) is 0 Å². The fourth-order valence-corrected chi connectivity index (χ4v) is 1.78. The predicted octanol–water partition coefficient (Wildman–Crippen LogP) is 1.86. The molecule has 0 radical (unpaired) electrons. The number of nitrogens with zero attached hydrogens (tertiary/aromatic N) is 3. The van der Waals surface area contributed by atoms with Gasteiger partial charge in [0.05, 0.1) is 7.11 Å². The van der Waals surface area contributed by atoms with Gasteiger partial charge in [0.25, 0.3) is 0 Å². The molecule has 0 fully saturated rings. The minimum atomic E-state index is 0.654. The van der Waals surface area contributed by atoms with Crippen molar-refractivity contribution in [1.82, 2.24) is 14.8 Å². The molecular formula is C10H12N4OS. The minimum Gasteiger partial charge on any atom is -0.496 e. The maximum absolute atomic E-state index is 5.28. The second-order valence-corrected chi connectivity index (χ2v) is 4.07. The molecular weight excluding hydrogens is 224 g/mol. The first-order valence-corrected chi connectivity index (χ1v) is 5.59. The molecule has 1 N–H and O–H groups in total. The SMILES string of the molecule is COc1ccc(C)cc1CNc1nnns1. The van der Waals surface area contributed by atoms with Gasteiger partial charge in [-0.3, -0.25) is 0 Å². The molecule has 0 aliphatic carbocycles. The molecule has 0 aliphatic heterocycles. The smallest absolute Gasteiger partial charge is 0.225 e. The van der Waals surface area contributed by atoms with Crippen LogP contribution in [0.15, 0.2) is 18.2 Å². The molecule has 0 unspecified atom stereocenters. The maximum atomic E-state index is 5.28. The lowest BCUT2D eigenvalue weighted by Crippen LogP contribution is -2.01. The topological polar surface area (TPSA) is 59.9 Å². The lowest BCUT2D eigenvalue weighted by atomic mass is 10.1. The molecule has 2 aromatic rings. The second kappa shape index (κ2) is 4.89. The fourth-order valence-electron chi connectivity index (χ4n) is 1.42. The van der Waals surface area contributed by atoms with Gasteiger partial charge in [-0.05, 0) is 18.2 Å². The van der Waals surface area contributed by atoms with Gasteiger partial charge in [0.2, 0.25) is 5.13 Å². The lowest BCUT2D eigenvalue weighted by Gasteiger charge is -2.09. The van der Waals surface area contributed by atoms with Crippen LogP contribution in [0.1, 0.15) is 11.1 Å². The molecule has 84 valence electrons. The van der Waals surface area contributed by atoms with E-state index in [4.69, 9.17) is 4.74 Å². The molecule has 1 aromatic heterocycles. The summed E-state index contributed by atoms with van der Waals surface area (Å²) in [6, 6.07) is 6.07. The Balaban J connectivity index is 2.11. The van der Waals surface area contributed by atoms with Crippen LogP contribution >= 0.6 is 11.5 Å². The highest BCUT2D eigenvalue weighted by atomic mass is 32.1. The normalized spacial score (nSPS) is 10.1. The summed E-state index contributed by atoms with van der Waals surface area (Å²) in [6.45, 7) is 2.71. The van der Waals surface area contributed by atoms with Crippen LogP contribution in [-0.4, -0.2) is 21.9 Å². The van der Waals surface area contributed by atoms with Gasteiger partial charge in [0.15, 0.2) is 0 Å².